The minimum Gasteiger partial charge on any atom is -0.352 e. The fraction of sp³-hybridized carbons (Fsp3) is 0.381. The van der Waals surface area contributed by atoms with Gasteiger partial charge in [0.2, 0.25) is 15.9 Å². The van der Waals surface area contributed by atoms with Gasteiger partial charge in [-0.05, 0) is 30.5 Å². The van der Waals surface area contributed by atoms with Gasteiger partial charge in [0.15, 0.2) is 0 Å². The van der Waals surface area contributed by atoms with Gasteiger partial charge < -0.3 is 5.32 Å². The van der Waals surface area contributed by atoms with Crippen molar-refractivity contribution in [2.24, 2.45) is 0 Å². The van der Waals surface area contributed by atoms with Gasteiger partial charge in [0, 0.05) is 32.7 Å². The summed E-state index contributed by atoms with van der Waals surface area (Å²) in [5, 5.41) is 2.99. The van der Waals surface area contributed by atoms with Gasteiger partial charge >= 0.3 is 0 Å². The summed E-state index contributed by atoms with van der Waals surface area (Å²) in [6, 6.07) is 18.6. The third kappa shape index (κ3) is 5.41. The van der Waals surface area contributed by atoms with Crippen LogP contribution in [0.4, 0.5) is 0 Å². The van der Waals surface area contributed by atoms with Crippen molar-refractivity contribution < 1.29 is 13.2 Å². The number of piperidine rings is 1. The molecule has 1 fully saturated rings. The van der Waals surface area contributed by atoms with Crippen LogP contribution in [0.1, 0.15) is 18.4 Å². The lowest BCUT2D eigenvalue weighted by Gasteiger charge is -2.32. The largest absolute Gasteiger partial charge is 0.352 e. The summed E-state index contributed by atoms with van der Waals surface area (Å²) >= 11 is 0. The summed E-state index contributed by atoms with van der Waals surface area (Å²) in [6.45, 7) is 2.57. The first-order chi connectivity index (χ1) is 13.4. The number of carbonyl (C=O) groups excluding carboxylic acids is 1. The summed E-state index contributed by atoms with van der Waals surface area (Å²) in [5.41, 5.74) is 1.29. The van der Waals surface area contributed by atoms with Crippen LogP contribution >= 0.6 is 0 Å². The number of carbonyl (C=O) groups is 1. The first-order valence-electron chi connectivity index (χ1n) is 9.52. The number of nitrogens with zero attached hydrogens (tertiary/aromatic N) is 2. The van der Waals surface area contributed by atoms with Gasteiger partial charge in [0.1, 0.15) is 0 Å². The van der Waals surface area contributed by atoms with Crippen LogP contribution in [-0.2, 0) is 21.4 Å². The van der Waals surface area contributed by atoms with Gasteiger partial charge in [0.05, 0.1) is 11.4 Å². The summed E-state index contributed by atoms with van der Waals surface area (Å²) in [4.78, 5) is 14.9. The second kappa shape index (κ2) is 9.32. The van der Waals surface area contributed by atoms with Gasteiger partial charge in [-0.3, -0.25) is 9.69 Å². The molecular weight excluding hydrogens is 374 g/mol. The Kier molecular flexibility index (Phi) is 6.83. The molecule has 6 nitrogen and oxygen atoms in total. The molecule has 7 heteroatoms. The number of rotatable bonds is 7. The van der Waals surface area contributed by atoms with Gasteiger partial charge in [-0.1, -0.05) is 48.5 Å². The van der Waals surface area contributed by atoms with Crippen molar-refractivity contribution in [2.45, 2.75) is 30.3 Å². The SMILES string of the molecule is CN(CC(=O)NC1CCN(Cc2ccccc2)CC1)S(=O)(=O)c1ccccc1. The van der Waals surface area contributed by atoms with Crippen LogP contribution in [-0.4, -0.2) is 56.3 Å². The molecule has 1 saturated heterocycles. The van der Waals surface area contributed by atoms with Crippen LogP contribution in [0.15, 0.2) is 65.6 Å². The first-order valence-corrected chi connectivity index (χ1v) is 11.0. The lowest BCUT2D eigenvalue weighted by atomic mass is 10.0. The highest BCUT2D eigenvalue weighted by Crippen LogP contribution is 2.15. The molecule has 1 amide bonds. The monoisotopic (exact) mass is 401 g/mol. The maximum Gasteiger partial charge on any atom is 0.243 e. The molecule has 0 aliphatic carbocycles. The molecular formula is C21H27N3O3S. The van der Waals surface area contributed by atoms with Crippen molar-refractivity contribution >= 4 is 15.9 Å². The number of hydrogen-bond acceptors (Lipinski definition) is 4. The highest BCUT2D eigenvalue weighted by Gasteiger charge is 2.25. The molecule has 0 spiro atoms. The Bertz CT molecular complexity index is 864. The molecule has 3 rings (SSSR count). The summed E-state index contributed by atoms with van der Waals surface area (Å²) in [6.07, 6.45) is 1.74. The normalized spacial score (nSPS) is 16.2. The van der Waals surface area contributed by atoms with Crippen LogP contribution in [0.2, 0.25) is 0 Å². The first kappa shape index (κ1) is 20.5. The molecule has 0 atom stereocenters. The molecule has 0 unspecified atom stereocenters. The fourth-order valence-corrected chi connectivity index (χ4v) is 4.56. The van der Waals surface area contributed by atoms with Gasteiger partial charge in [-0.2, -0.15) is 4.31 Å². The predicted octanol–water partition coefficient (Wildman–Crippen LogP) is 2.09. The van der Waals surface area contributed by atoms with Crippen molar-refractivity contribution in [2.75, 3.05) is 26.7 Å². The molecule has 0 aromatic heterocycles. The molecule has 2 aromatic rings. The average Bonchev–Trinajstić information content (AvgIpc) is 2.71. The minimum absolute atomic E-state index is 0.0901. The van der Waals surface area contributed by atoms with E-state index in [1.54, 1.807) is 18.2 Å². The number of likely N-dealkylation sites (tertiary alicyclic amines) is 1. The molecule has 28 heavy (non-hydrogen) atoms. The Morgan fingerprint density at radius 3 is 2.21 bits per heavy atom. The van der Waals surface area contributed by atoms with Crippen LogP contribution < -0.4 is 5.32 Å². The second-order valence-corrected chi connectivity index (χ2v) is 9.22. The van der Waals surface area contributed by atoms with E-state index in [1.165, 1.54) is 24.7 Å². The topological polar surface area (TPSA) is 69.7 Å². The Morgan fingerprint density at radius 2 is 1.61 bits per heavy atom. The van der Waals surface area contributed by atoms with Gasteiger partial charge in [-0.25, -0.2) is 8.42 Å². The number of benzene rings is 2. The third-order valence-electron chi connectivity index (χ3n) is 5.02. The number of sulfonamides is 1. The molecule has 0 saturated carbocycles. The zero-order chi connectivity index (χ0) is 20.0. The van der Waals surface area contributed by atoms with Crippen molar-refractivity contribution in [3.05, 3.63) is 66.2 Å². The highest BCUT2D eigenvalue weighted by atomic mass is 32.2. The number of nitrogens with one attached hydrogen (secondary N) is 1. The molecule has 2 aromatic carbocycles. The Labute approximate surface area is 167 Å². The average molecular weight is 402 g/mol. The number of likely N-dealkylation sites (N-methyl/N-ethyl adjacent to an activating group) is 1. The van der Waals surface area contributed by atoms with E-state index in [0.29, 0.717) is 0 Å². The summed E-state index contributed by atoms with van der Waals surface area (Å²) < 4.78 is 26.1. The smallest absolute Gasteiger partial charge is 0.243 e. The number of hydrogen-bond donors (Lipinski definition) is 1. The van der Waals surface area contributed by atoms with E-state index in [9.17, 15) is 13.2 Å². The van der Waals surface area contributed by atoms with E-state index in [4.69, 9.17) is 0 Å². The fourth-order valence-electron chi connectivity index (χ4n) is 3.41. The third-order valence-corrected chi connectivity index (χ3v) is 6.84. The maximum absolute atomic E-state index is 12.5. The lowest BCUT2D eigenvalue weighted by molar-refractivity contribution is -0.122. The predicted molar refractivity (Wildman–Crippen MR) is 109 cm³/mol. The maximum atomic E-state index is 12.5. The van der Waals surface area contributed by atoms with Crippen molar-refractivity contribution in [1.82, 2.24) is 14.5 Å². The van der Waals surface area contributed by atoms with E-state index in [-0.39, 0.29) is 23.4 Å². The molecule has 150 valence electrons. The van der Waals surface area contributed by atoms with E-state index in [1.807, 2.05) is 18.2 Å². The highest BCUT2D eigenvalue weighted by molar-refractivity contribution is 7.89. The Morgan fingerprint density at radius 1 is 1.04 bits per heavy atom. The van der Waals surface area contributed by atoms with Crippen molar-refractivity contribution in [1.29, 1.82) is 0 Å². The Hall–Kier alpha value is -2.22. The van der Waals surface area contributed by atoms with Gasteiger partial charge in [0.25, 0.3) is 0 Å². The number of amides is 1. The zero-order valence-corrected chi connectivity index (χ0v) is 16.9. The quantitative estimate of drug-likeness (QED) is 0.771. The van der Waals surface area contributed by atoms with E-state index in [0.717, 1.165) is 36.8 Å². The molecule has 1 heterocycles. The summed E-state index contributed by atoms with van der Waals surface area (Å²) in [5.74, 6) is -0.261. The Balaban J connectivity index is 1.45. The molecule has 0 radical (unpaired) electrons. The van der Waals surface area contributed by atoms with E-state index < -0.39 is 10.0 Å². The lowest BCUT2D eigenvalue weighted by Crippen LogP contribution is -2.47. The van der Waals surface area contributed by atoms with E-state index >= 15 is 0 Å². The standard InChI is InChI=1S/C21H27N3O3S/c1-23(28(26,27)20-10-6-3-7-11-20)17-21(25)22-19-12-14-24(15-13-19)16-18-8-4-2-5-9-18/h2-11,19H,12-17H2,1H3,(H,22,25). The van der Waals surface area contributed by atoms with Crippen molar-refractivity contribution in [3.8, 4) is 0 Å². The zero-order valence-electron chi connectivity index (χ0n) is 16.1. The van der Waals surface area contributed by atoms with Crippen LogP contribution in [0.25, 0.3) is 0 Å². The van der Waals surface area contributed by atoms with Crippen LogP contribution in [0.3, 0.4) is 0 Å². The van der Waals surface area contributed by atoms with Crippen LogP contribution in [0, 0.1) is 0 Å². The van der Waals surface area contributed by atoms with Crippen LogP contribution in [0.5, 0.6) is 0 Å². The molecule has 1 aliphatic rings. The molecule has 0 bridgehead atoms. The second-order valence-electron chi connectivity index (χ2n) is 7.18. The molecule has 1 N–H and O–H groups in total. The summed E-state index contributed by atoms with van der Waals surface area (Å²) in [7, 11) is -2.22. The minimum atomic E-state index is -3.65. The van der Waals surface area contributed by atoms with E-state index in [2.05, 4.69) is 22.3 Å². The molecule has 1 aliphatic heterocycles. The van der Waals surface area contributed by atoms with Crippen molar-refractivity contribution in [3.63, 3.8) is 0 Å². The van der Waals surface area contributed by atoms with Gasteiger partial charge in [-0.15, -0.1) is 0 Å².